The summed E-state index contributed by atoms with van der Waals surface area (Å²) in [7, 11) is -3.11. The molecule has 1 fully saturated rings. The van der Waals surface area contributed by atoms with Crippen molar-refractivity contribution in [1.29, 1.82) is 0 Å². The maximum atomic E-state index is 12.0. The van der Waals surface area contributed by atoms with Crippen LogP contribution in [0.3, 0.4) is 0 Å². The zero-order chi connectivity index (χ0) is 11.6. The van der Waals surface area contributed by atoms with Crippen LogP contribution in [-0.2, 0) is 14.8 Å². The molecule has 2 unspecified atom stereocenters. The van der Waals surface area contributed by atoms with Gasteiger partial charge in [0, 0.05) is 12.6 Å². The van der Waals surface area contributed by atoms with Gasteiger partial charge in [-0.15, -0.1) is 0 Å². The van der Waals surface area contributed by atoms with E-state index in [0.717, 1.165) is 0 Å². The van der Waals surface area contributed by atoms with E-state index < -0.39 is 10.0 Å². The first-order chi connectivity index (χ1) is 6.83. The van der Waals surface area contributed by atoms with Crippen LogP contribution in [0.15, 0.2) is 0 Å². The second-order valence-corrected chi connectivity index (χ2v) is 6.70. The van der Waals surface area contributed by atoms with Gasteiger partial charge in [0.05, 0.1) is 18.5 Å². The Morgan fingerprint density at radius 2 is 2.00 bits per heavy atom. The molecule has 1 aliphatic rings. The van der Waals surface area contributed by atoms with Gasteiger partial charge in [-0.3, -0.25) is 0 Å². The van der Waals surface area contributed by atoms with Gasteiger partial charge in [0.1, 0.15) is 0 Å². The lowest BCUT2D eigenvalue weighted by Gasteiger charge is -2.36. The van der Waals surface area contributed by atoms with Gasteiger partial charge in [0.15, 0.2) is 0 Å². The van der Waals surface area contributed by atoms with Crippen LogP contribution in [0, 0.1) is 5.92 Å². The van der Waals surface area contributed by atoms with Crippen LogP contribution in [0.1, 0.15) is 27.7 Å². The topological polar surface area (TPSA) is 46.6 Å². The Morgan fingerprint density at radius 1 is 1.40 bits per heavy atom. The van der Waals surface area contributed by atoms with Crippen molar-refractivity contribution < 1.29 is 13.2 Å². The third-order valence-corrected chi connectivity index (χ3v) is 4.76. The Kier molecular flexibility index (Phi) is 4.14. The monoisotopic (exact) mass is 235 g/mol. The predicted molar refractivity (Wildman–Crippen MR) is 60.2 cm³/mol. The van der Waals surface area contributed by atoms with Gasteiger partial charge in [-0.2, -0.15) is 4.31 Å². The molecule has 90 valence electrons. The van der Waals surface area contributed by atoms with E-state index in [0.29, 0.717) is 13.2 Å². The molecule has 15 heavy (non-hydrogen) atoms. The summed E-state index contributed by atoms with van der Waals surface area (Å²) < 4.78 is 31.0. The molecule has 1 rings (SSSR count). The molecule has 1 aliphatic heterocycles. The molecule has 0 aliphatic carbocycles. The first-order valence-electron chi connectivity index (χ1n) is 5.44. The first-order valence-corrected chi connectivity index (χ1v) is 7.05. The van der Waals surface area contributed by atoms with Crippen molar-refractivity contribution in [2.75, 3.05) is 18.9 Å². The van der Waals surface area contributed by atoms with E-state index in [1.807, 2.05) is 27.7 Å². The summed E-state index contributed by atoms with van der Waals surface area (Å²) in [6, 6.07) is -0.0371. The third-order valence-electron chi connectivity index (χ3n) is 2.45. The fourth-order valence-corrected chi connectivity index (χ4v) is 3.86. The number of ether oxygens (including phenoxy) is 1. The molecule has 0 saturated carbocycles. The van der Waals surface area contributed by atoms with E-state index in [4.69, 9.17) is 4.74 Å². The van der Waals surface area contributed by atoms with E-state index in [9.17, 15) is 8.42 Å². The second kappa shape index (κ2) is 4.80. The summed E-state index contributed by atoms with van der Waals surface area (Å²) in [5, 5.41) is 0. The van der Waals surface area contributed by atoms with Gasteiger partial charge in [-0.05, 0) is 19.8 Å². The largest absolute Gasteiger partial charge is 0.375 e. The number of rotatable bonds is 3. The van der Waals surface area contributed by atoms with Crippen LogP contribution < -0.4 is 0 Å². The van der Waals surface area contributed by atoms with Crippen LogP contribution in [0.5, 0.6) is 0 Å². The van der Waals surface area contributed by atoms with Gasteiger partial charge in [-0.25, -0.2) is 8.42 Å². The summed E-state index contributed by atoms with van der Waals surface area (Å²) >= 11 is 0. The lowest BCUT2D eigenvalue weighted by molar-refractivity contribution is -0.0171. The molecule has 0 aromatic rings. The van der Waals surface area contributed by atoms with E-state index in [1.165, 1.54) is 0 Å². The van der Waals surface area contributed by atoms with Crippen LogP contribution in [0.4, 0.5) is 0 Å². The fraction of sp³-hybridized carbons (Fsp3) is 1.00. The molecule has 0 aromatic heterocycles. The number of sulfonamides is 1. The number of morpholine rings is 1. The number of hydrogen-bond donors (Lipinski definition) is 0. The van der Waals surface area contributed by atoms with E-state index >= 15 is 0 Å². The Hall–Kier alpha value is -0.130. The highest BCUT2D eigenvalue weighted by molar-refractivity contribution is 7.89. The van der Waals surface area contributed by atoms with E-state index in [-0.39, 0.29) is 23.8 Å². The molecule has 5 heteroatoms. The molecule has 1 heterocycles. The van der Waals surface area contributed by atoms with Crippen LogP contribution in [0.25, 0.3) is 0 Å². The van der Waals surface area contributed by atoms with Crippen LogP contribution in [-0.4, -0.2) is 43.8 Å². The zero-order valence-corrected chi connectivity index (χ0v) is 10.8. The first kappa shape index (κ1) is 12.9. The van der Waals surface area contributed by atoms with E-state index in [1.54, 1.807) is 4.31 Å². The highest BCUT2D eigenvalue weighted by Crippen LogP contribution is 2.17. The van der Waals surface area contributed by atoms with Crippen molar-refractivity contribution in [3.8, 4) is 0 Å². The average molecular weight is 235 g/mol. The minimum absolute atomic E-state index is 0.00290. The maximum Gasteiger partial charge on any atom is 0.214 e. The zero-order valence-electron chi connectivity index (χ0n) is 9.93. The predicted octanol–water partition coefficient (Wildman–Crippen LogP) is 1.08. The van der Waals surface area contributed by atoms with Crippen molar-refractivity contribution in [1.82, 2.24) is 4.31 Å². The highest BCUT2D eigenvalue weighted by Gasteiger charge is 2.32. The molecule has 4 nitrogen and oxygen atoms in total. The smallest absolute Gasteiger partial charge is 0.214 e. The molecule has 0 spiro atoms. The lowest BCUT2D eigenvalue weighted by Crippen LogP contribution is -2.51. The molecule has 0 aromatic carbocycles. The summed E-state index contributed by atoms with van der Waals surface area (Å²) in [5.74, 6) is 0.393. The molecule has 0 amide bonds. The second-order valence-electron chi connectivity index (χ2n) is 4.74. The molecule has 0 bridgehead atoms. The Labute approximate surface area is 92.7 Å². The third kappa shape index (κ3) is 3.43. The van der Waals surface area contributed by atoms with Gasteiger partial charge in [-0.1, -0.05) is 13.8 Å². The minimum atomic E-state index is -3.11. The summed E-state index contributed by atoms with van der Waals surface area (Å²) in [6.45, 7) is 8.63. The quantitative estimate of drug-likeness (QED) is 0.735. The molecule has 0 N–H and O–H groups in total. The van der Waals surface area contributed by atoms with Gasteiger partial charge >= 0.3 is 0 Å². The van der Waals surface area contributed by atoms with Crippen LogP contribution in [0.2, 0.25) is 0 Å². The average Bonchev–Trinajstić information content (AvgIpc) is 2.06. The Morgan fingerprint density at radius 3 is 2.53 bits per heavy atom. The maximum absolute atomic E-state index is 12.0. The van der Waals surface area contributed by atoms with E-state index in [2.05, 4.69) is 0 Å². The molecular formula is C10H21NO3S. The van der Waals surface area contributed by atoms with Gasteiger partial charge in [0.25, 0.3) is 0 Å². The summed E-state index contributed by atoms with van der Waals surface area (Å²) in [4.78, 5) is 0. The van der Waals surface area contributed by atoms with Gasteiger partial charge in [0.2, 0.25) is 10.0 Å². The summed E-state index contributed by atoms with van der Waals surface area (Å²) in [5.41, 5.74) is 0. The lowest BCUT2D eigenvalue weighted by atomic mass is 10.2. The summed E-state index contributed by atoms with van der Waals surface area (Å²) in [6.07, 6.45) is 0.00290. The number of nitrogens with zero attached hydrogens (tertiary/aromatic N) is 1. The van der Waals surface area contributed by atoms with Crippen LogP contribution >= 0.6 is 0 Å². The fourth-order valence-electron chi connectivity index (χ4n) is 1.78. The van der Waals surface area contributed by atoms with Crippen molar-refractivity contribution >= 4 is 10.0 Å². The molecule has 1 saturated heterocycles. The Bertz CT molecular complexity index is 300. The van der Waals surface area contributed by atoms with Crippen molar-refractivity contribution in [2.24, 2.45) is 5.92 Å². The molecule has 2 atom stereocenters. The van der Waals surface area contributed by atoms with Crippen molar-refractivity contribution in [3.05, 3.63) is 0 Å². The minimum Gasteiger partial charge on any atom is -0.375 e. The number of hydrogen-bond acceptors (Lipinski definition) is 3. The van der Waals surface area contributed by atoms with Crippen molar-refractivity contribution in [3.63, 3.8) is 0 Å². The SMILES string of the molecule is CC(C)CS(=O)(=O)N1CC(C)OCC1C. The normalized spacial score (nSPS) is 29.7. The Balaban J connectivity index is 2.76. The standard InChI is InChI=1S/C10H21NO3S/c1-8(2)7-15(12,13)11-5-10(4)14-6-9(11)3/h8-10H,5-7H2,1-4H3. The molecule has 0 radical (unpaired) electrons. The molecular weight excluding hydrogens is 214 g/mol. The van der Waals surface area contributed by atoms with Crippen molar-refractivity contribution in [2.45, 2.75) is 39.8 Å². The van der Waals surface area contributed by atoms with Gasteiger partial charge < -0.3 is 4.74 Å². The highest BCUT2D eigenvalue weighted by atomic mass is 32.2.